The van der Waals surface area contributed by atoms with Crippen LogP contribution in [-0.2, 0) is 9.59 Å². The molecule has 0 bridgehead atoms. The van der Waals surface area contributed by atoms with Gasteiger partial charge in [-0.05, 0) is 12.1 Å². The number of urea groups is 1. The third-order valence-electron chi connectivity index (χ3n) is 4.68. The average molecular weight is 376 g/mol. The maximum absolute atomic E-state index is 12.3. The molecule has 2 rings (SSSR count). The summed E-state index contributed by atoms with van der Waals surface area (Å²) in [6.07, 6.45) is 0.236. The second kappa shape index (κ2) is 9.80. The van der Waals surface area contributed by atoms with Gasteiger partial charge in [0.25, 0.3) is 0 Å². The van der Waals surface area contributed by atoms with Crippen molar-refractivity contribution < 1.29 is 19.5 Å². The smallest absolute Gasteiger partial charge is 0.317 e. The third-order valence-corrected chi connectivity index (χ3v) is 4.68. The number of carbonyl (C=O) groups excluding carboxylic acids is 2. The summed E-state index contributed by atoms with van der Waals surface area (Å²) in [5, 5.41) is 11.6. The summed E-state index contributed by atoms with van der Waals surface area (Å²) in [7, 11) is 1.54. The fourth-order valence-electron chi connectivity index (χ4n) is 2.99. The molecule has 2 N–H and O–H groups in total. The van der Waals surface area contributed by atoms with Gasteiger partial charge in [-0.1, -0.05) is 25.1 Å². The van der Waals surface area contributed by atoms with Crippen LogP contribution in [0.3, 0.4) is 0 Å². The Morgan fingerprint density at radius 1 is 1.15 bits per heavy atom. The minimum atomic E-state index is -0.945. The Morgan fingerprint density at radius 2 is 1.78 bits per heavy atom. The summed E-state index contributed by atoms with van der Waals surface area (Å²) in [5.74, 6) is -1.56. The van der Waals surface area contributed by atoms with Crippen LogP contribution in [0, 0.1) is 5.92 Å². The maximum atomic E-state index is 12.3. The van der Waals surface area contributed by atoms with Crippen LogP contribution in [0.15, 0.2) is 30.3 Å². The van der Waals surface area contributed by atoms with E-state index in [0.717, 1.165) is 18.8 Å². The van der Waals surface area contributed by atoms with Gasteiger partial charge in [-0.15, -0.1) is 0 Å². The molecule has 1 heterocycles. The van der Waals surface area contributed by atoms with Gasteiger partial charge >= 0.3 is 12.0 Å². The number of benzene rings is 1. The number of hydrogen-bond acceptors (Lipinski definition) is 4. The van der Waals surface area contributed by atoms with Gasteiger partial charge in [-0.25, -0.2) is 4.79 Å². The van der Waals surface area contributed by atoms with Crippen molar-refractivity contribution >= 4 is 23.6 Å². The second-order valence-electron chi connectivity index (χ2n) is 6.81. The number of carboxylic acid groups (broad SMARTS) is 1. The Hall–Kier alpha value is -2.77. The number of carbonyl (C=O) groups is 3. The van der Waals surface area contributed by atoms with Gasteiger partial charge in [0.1, 0.15) is 0 Å². The Labute approximate surface area is 159 Å². The van der Waals surface area contributed by atoms with Gasteiger partial charge in [0, 0.05) is 58.4 Å². The van der Waals surface area contributed by atoms with Crippen LogP contribution in [0.25, 0.3) is 0 Å². The highest BCUT2D eigenvalue weighted by molar-refractivity contribution is 5.79. The molecular weight excluding hydrogens is 348 g/mol. The van der Waals surface area contributed by atoms with Crippen molar-refractivity contribution in [2.24, 2.45) is 5.92 Å². The second-order valence-corrected chi connectivity index (χ2v) is 6.81. The lowest BCUT2D eigenvalue weighted by Crippen LogP contribution is -2.49. The zero-order valence-electron chi connectivity index (χ0n) is 15.9. The van der Waals surface area contributed by atoms with Crippen molar-refractivity contribution in [3.8, 4) is 0 Å². The number of piperazine rings is 1. The minimum absolute atomic E-state index is 0.0181. The van der Waals surface area contributed by atoms with Gasteiger partial charge in [0.05, 0.1) is 5.92 Å². The van der Waals surface area contributed by atoms with E-state index in [1.807, 2.05) is 23.1 Å². The molecule has 0 aromatic heterocycles. The van der Waals surface area contributed by atoms with Gasteiger partial charge in [-0.3, -0.25) is 9.59 Å². The monoisotopic (exact) mass is 376 g/mol. The van der Waals surface area contributed by atoms with Crippen molar-refractivity contribution in [3.63, 3.8) is 0 Å². The SMILES string of the molecule is CC(CN(C)C(=O)NCCC(=O)N1CCN(c2ccccc2)CC1)C(=O)O. The molecule has 1 aliphatic rings. The Kier molecular flexibility index (Phi) is 7.45. The van der Waals surface area contributed by atoms with E-state index in [-0.39, 0.29) is 31.4 Å². The molecule has 1 saturated heterocycles. The van der Waals surface area contributed by atoms with E-state index in [9.17, 15) is 14.4 Å². The lowest BCUT2D eigenvalue weighted by Gasteiger charge is -2.36. The minimum Gasteiger partial charge on any atom is -0.481 e. The molecule has 148 valence electrons. The van der Waals surface area contributed by atoms with E-state index in [4.69, 9.17) is 5.11 Å². The number of rotatable bonds is 7. The van der Waals surface area contributed by atoms with E-state index in [0.29, 0.717) is 13.1 Å². The Bertz CT molecular complexity index is 644. The van der Waals surface area contributed by atoms with Crippen molar-refractivity contribution in [1.82, 2.24) is 15.1 Å². The Morgan fingerprint density at radius 3 is 2.37 bits per heavy atom. The fourth-order valence-corrected chi connectivity index (χ4v) is 2.99. The lowest BCUT2D eigenvalue weighted by molar-refractivity contribution is -0.141. The normalized spacial score (nSPS) is 15.2. The van der Waals surface area contributed by atoms with Crippen molar-refractivity contribution in [2.45, 2.75) is 13.3 Å². The number of hydrogen-bond donors (Lipinski definition) is 2. The number of anilines is 1. The summed E-state index contributed by atoms with van der Waals surface area (Å²) in [6, 6.07) is 9.75. The predicted molar refractivity (Wildman–Crippen MR) is 103 cm³/mol. The number of nitrogens with one attached hydrogen (secondary N) is 1. The van der Waals surface area contributed by atoms with Crippen molar-refractivity contribution in [1.29, 1.82) is 0 Å². The number of aliphatic carboxylic acids is 1. The van der Waals surface area contributed by atoms with Crippen LogP contribution in [-0.4, -0.2) is 79.1 Å². The first-order chi connectivity index (χ1) is 12.9. The van der Waals surface area contributed by atoms with E-state index >= 15 is 0 Å². The molecule has 8 heteroatoms. The third kappa shape index (κ3) is 6.16. The maximum Gasteiger partial charge on any atom is 0.317 e. The van der Waals surface area contributed by atoms with E-state index in [1.165, 1.54) is 4.90 Å². The highest BCUT2D eigenvalue weighted by atomic mass is 16.4. The van der Waals surface area contributed by atoms with Crippen molar-refractivity contribution in [2.75, 3.05) is 51.2 Å². The molecule has 0 radical (unpaired) electrons. The fraction of sp³-hybridized carbons (Fsp3) is 0.526. The van der Waals surface area contributed by atoms with E-state index in [2.05, 4.69) is 22.3 Å². The lowest BCUT2D eigenvalue weighted by atomic mass is 10.2. The first kappa shape index (κ1) is 20.5. The summed E-state index contributed by atoms with van der Waals surface area (Å²) in [4.78, 5) is 40.5. The zero-order chi connectivity index (χ0) is 19.8. The van der Waals surface area contributed by atoms with Crippen molar-refractivity contribution in [3.05, 3.63) is 30.3 Å². The summed E-state index contributed by atoms with van der Waals surface area (Å²) < 4.78 is 0. The molecule has 1 aliphatic heterocycles. The molecule has 1 atom stereocenters. The van der Waals surface area contributed by atoms with Gasteiger partial charge in [0.2, 0.25) is 5.91 Å². The zero-order valence-corrected chi connectivity index (χ0v) is 15.9. The molecule has 8 nitrogen and oxygen atoms in total. The van der Waals surface area contributed by atoms with Gasteiger partial charge < -0.3 is 25.1 Å². The van der Waals surface area contributed by atoms with E-state index < -0.39 is 11.9 Å². The van der Waals surface area contributed by atoms with Crippen LogP contribution >= 0.6 is 0 Å². The number of carboxylic acids is 1. The van der Waals surface area contributed by atoms with Gasteiger partial charge in [0.15, 0.2) is 0 Å². The molecule has 1 aromatic rings. The summed E-state index contributed by atoms with van der Waals surface area (Å²) >= 11 is 0. The first-order valence-corrected chi connectivity index (χ1v) is 9.18. The van der Waals surface area contributed by atoms with Crippen LogP contribution < -0.4 is 10.2 Å². The number of amides is 3. The highest BCUT2D eigenvalue weighted by Crippen LogP contribution is 2.15. The van der Waals surface area contributed by atoms with E-state index in [1.54, 1.807) is 14.0 Å². The molecular formula is C19H28N4O4. The number of para-hydroxylation sites is 1. The average Bonchev–Trinajstić information content (AvgIpc) is 2.68. The molecule has 27 heavy (non-hydrogen) atoms. The predicted octanol–water partition coefficient (Wildman–Crippen LogP) is 1.09. The van der Waals surface area contributed by atoms with Gasteiger partial charge in [-0.2, -0.15) is 0 Å². The summed E-state index contributed by atoms with van der Waals surface area (Å²) in [5.41, 5.74) is 1.16. The quantitative estimate of drug-likeness (QED) is 0.743. The Balaban J connectivity index is 1.68. The summed E-state index contributed by atoms with van der Waals surface area (Å²) in [6.45, 7) is 4.81. The molecule has 0 aliphatic carbocycles. The van der Waals surface area contributed by atoms with Crippen LogP contribution in [0.4, 0.5) is 10.5 Å². The number of nitrogens with zero attached hydrogens (tertiary/aromatic N) is 3. The molecule has 1 fully saturated rings. The van der Waals surface area contributed by atoms with Crippen LogP contribution in [0.2, 0.25) is 0 Å². The molecule has 0 spiro atoms. The van der Waals surface area contributed by atoms with Crippen LogP contribution in [0.5, 0.6) is 0 Å². The largest absolute Gasteiger partial charge is 0.481 e. The standard InChI is InChI=1S/C19H28N4O4/c1-15(18(25)26)14-21(2)19(27)20-9-8-17(24)23-12-10-22(11-13-23)16-6-4-3-5-7-16/h3-7,15H,8-14H2,1-2H3,(H,20,27)(H,25,26). The van der Waals surface area contributed by atoms with Crippen LogP contribution in [0.1, 0.15) is 13.3 Å². The molecule has 1 aromatic carbocycles. The molecule has 1 unspecified atom stereocenters. The highest BCUT2D eigenvalue weighted by Gasteiger charge is 2.21. The first-order valence-electron chi connectivity index (χ1n) is 9.18. The molecule has 0 saturated carbocycles. The molecule has 3 amide bonds. The topological polar surface area (TPSA) is 93.2 Å².